The molecule has 0 bridgehead atoms. The molecule has 1 aromatic carbocycles. The Hall–Kier alpha value is -2.51. The number of hydrogen-bond donors (Lipinski definition) is 1. The van der Waals surface area contributed by atoms with Gasteiger partial charge in [-0.15, -0.1) is 11.3 Å². The first-order valence-corrected chi connectivity index (χ1v) is 9.53. The summed E-state index contributed by atoms with van der Waals surface area (Å²) in [7, 11) is 0. The number of aliphatic hydroxyl groups is 1. The number of thiazole rings is 1. The fraction of sp³-hybridized carbons (Fsp3) is 0.316. The Balaban J connectivity index is 1.51. The molecule has 4 rings (SSSR count). The largest absolute Gasteiger partial charge is 0.382 e. The number of aryl methyl sites for hydroxylation is 1. The molecule has 1 aliphatic rings. The average Bonchev–Trinajstić information content (AvgIpc) is 3.27. The number of aliphatic hydroxyl groups excluding tert-OH is 1. The summed E-state index contributed by atoms with van der Waals surface area (Å²) >= 11 is 1.50. The lowest BCUT2D eigenvalue weighted by atomic mass is 10.1. The van der Waals surface area contributed by atoms with E-state index in [4.69, 9.17) is 0 Å². The van der Waals surface area contributed by atoms with Gasteiger partial charge in [0, 0.05) is 24.2 Å². The third kappa shape index (κ3) is 3.54. The number of carbonyl (C=O) groups excluding carboxylic acids is 1. The summed E-state index contributed by atoms with van der Waals surface area (Å²) in [5.41, 5.74) is 4.16. The highest BCUT2D eigenvalue weighted by molar-refractivity contribution is 7.09. The van der Waals surface area contributed by atoms with E-state index in [1.54, 1.807) is 11.7 Å². The van der Waals surface area contributed by atoms with Crippen LogP contribution in [0.3, 0.4) is 0 Å². The molecular weight excluding hydrogens is 348 g/mol. The molecule has 0 unspecified atom stereocenters. The number of benzene rings is 1. The van der Waals surface area contributed by atoms with E-state index >= 15 is 0 Å². The van der Waals surface area contributed by atoms with E-state index in [9.17, 15) is 9.90 Å². The summed E-state index contributed by atoms with van der Waals surface area (Å²) in [6.07, 6.45) is 2.23. The van der Waals surface area contributed by atoms with Gasteiger partial charge in [-0.3, -0.25) is 14.5 Å². The predicted octanol–water partition coefficient (Wildman–Crippen LogP) is 2.40. The van der Waals surface area contributed by atoms with Gasteiger partial charge in [-0.05, 0) is 18.1 Å². The first-order chi connectivity index (χ1) is 12.7. The summed E-state index contributed by atoms with van der Waals surface area (Å²) in [4.78, 5) is 19.5. The summed E-state index contributed by atoms with van der Waals surface area (Å²) in [5, 5.41) is 15.2. The zero-order valence-corrected chi connectivity index (χ0v) is 15.1. The quantitative estimate of drug-likeness (QED) is 0.768. The van der Waals surface area contributed by atoms with Crippen LogP contribution < -0.4 is 0 Å². The molecule has 6 nitrogen and oxygen atoms in total. The highest BCUT2D eigenvalue weighted by Gasteiger charge is 2.23. The highest BCUT2D eigenvalue weighted by Crippen LogP contribution is 2.23. The van der Waals surface area contributed by atoms with Crippen LogP contribution in [0.15, 0.2) is 48.1 Å². The molecule has 0 saturated carbocycles. The minimum atomic E-state index is -0.753. The van der Waals surface area contributed by atoms with Crippen LogP contribution in [-0.4, -0.2) is 37.2 Å². The second-order valence-electron chi connectivity index (χ2n) is 6.41. The fourth-order valence-electron chi connectivity index (χ4n) is 3.23. The van der Waals surface area contributed by atoms with Crippen molar-refractivity contribution in [2.24, 2.45) is 0 Å². The lowest BCUT2D eigenvalue weighted by Gasteiger charge is -2.19. The maximum atomic E-state index is 12.6. The molecule has 1 N–H and O–H groups in total. The van der Waals surface area contributed by atoms with Crippen molar-refractivity contribution in [3.63, 3.8) is 0 Å². The van der Waals surface area contributed by atoms with E-state index in [-0.39, 0.29) is 5.91 Å². The lowest BCUT2D eigenvalue weighted by Crippen LogP contribution is -2.31. The molecule has 1 amide bonds. The molecule has 0 saturated heterocycles. The second kappa shape index (κ2) is 7.39. The number of rotatable bonds is 4. The molecule has 134 valence electrons. The van der Waals surface area contributed by atoms with Crippen LogP contribution in [0, 0.1) is 0 Å². The Kier molecular flexibility index (Phi) is 4.81. The maximum absolute atomic E-state index is 12.6. The minimum Gasteiger partial charge on any atom is -0.382 e. The number of hydrogen-bond acceptors (Lipinski definition) is 5. The molecule has 3 aromatic rings. The van der Waals surface area contributed by atoms with Crippen molar-refractivity contribution in [2.75, 3.05) is 6.54 Å². The van der Waals surface area contributed by atoms with Gasteiger partial charge in [0.25, 0.3) is 0 Å². The average molecular weight is 368 g/mol. The van der Waals surface area contributed by atoms with Crippen molar-refractivity contribution in [3.05, 3.63) is 69.9 Å². The van der Waals surface area contributed by atoms with Gasteiger partial charge in [0.05, 0.1) is 29.9 Å². The predicted molar refractivity (Wildman–Crippen MR) is 98.6 cm³/mol. The first-order valence-electron chi connectivity index (χ1n) is 8.65. The van der Waals surface area contributed by atoms with E-state index in [1.807, 2.05) is 46.0 Å². The highest BCUT2D eigenvalue weighted by atomic mass is 32.1. The van der Waals surface area contributed by atoms with Gasteiger partial charge in [0.1, 0.15) is 6.10 Å². The SMILES string of the molecule is O=C(Cc1cncs1)N1CCCn2nc([C@@H](O)c3ccccc3)cc2C1. The van der Waals surface area contributed by atoms with Gasteiger partial charge < -0.3 is 10.0 Å². The number of amides is 1. The van der Waals surface area contributed by atoms with Crippen LogP contribution in [-0.2, 0) is 24.3 Å². The van der Waals surface area contributed by atoms with Gasteiger partial charge in [-0.25, -0.2) is 0 Å². The van der Waals surface area contributed by atoms with Crippen molar-refractivity contribution in [1.29, 1.82) is 0 Å². The van der Waals surface area contributed by atoms with E-state index in [1.165, 1.54) is 11.3 Å². The molecule has 3 heterocycles. The summed E-state index contributed by atoms with van der Waals surface area (Å²) < 4.78 is 1.92. The van der Waals surface area contributed by atoms with Crippen molar-refractivity contribution in [1.82, 2.24) is 19.7 Å². The van der Waals surface area contributed by atoms with Crippen LogP contribution in [0.1, 0.15) is 34.4 Å². The molecular formula is C19H20N4O2S. The van der Waals surface area contributed by atoms with E-state index < -0.39 is 6.10 Å². The van der Waals surface area contributed by atoms with Crippen LogP contribution >= 0.6 is 11.3 Å². The normalized spacial score (nSPS) is 15.3. The van der Waals surface area contributed by atoms with Crippen molar-refractivity contribution < 1.29 is 9.90 Å². The van der Waals surface area contributed by atoms with Crippen LogP contribution in [0.5, 0.6) is 0 Å². The van der Waals surface area contributed by atoms with Crippen LogP contribution in [0.25, 0.3) is 0 Å². The van der Waals surface area contributed by atoms with Crippen molar-refractivity contribution in [3.8, 4) is 0 Å². The van der Waals surface area contributed by atoms with Gasteiger partial charge in [0.15, 0.2) is 0 Å². The van der Waals surface area contributed by atoms with E-state index in [0.717, 1.165) is 35.6 Å². The lowest BCUT2D eigenvalue weighted by molar-refractivity contribution is -0.131. The molecule has 7 heteroatoms. The maximum Gasteiger partial charge on any atom is 0.228 e. The number of carbonyl (C=O) groups is 1. The molecule has 1 aliphatic heterocycles. The third-order valence-electron chi connectivity index (χ3n) is 4.59. The molecule has 0 aliphatic carbocycles. The standard InChI is InChI=1S/C19H20N4O2S/c24-18(10-16-11-20-13-26-16)22-7-4-8-23-15(12-22)9-17(21-23)19(25)14-5-2-1-3-6-14/h1-3,5-6,9,11,13,19,25H,4,7-8,10,12H2/t19-/m0/s1. The Bertz CT molecular complexity index is 876. The fourth-order valence-corrected chi connectivity index (χ4v) is 3.81. The van der Waals surface area contributed by atoms with Crippen LogP contribution in [0.2, 0.25) is 0 Å². The Morgan fingerprint density at radius 3 is 2.88 bits per heavy atom. The number of fused-ring (bicyclic) bond motifs is 1. The zero-order chi connectivity index (χ0) is 17.9. The molecule has 0 radical (unpaired) electrons. The topological polar surface area (TPSA) is 71.2 Å². The second-order valence-corrected chi connectivity index (χ2v) is 7.38. The van der Waals surface area contributed by atoms with Gasteiger partial charge in [-0.1, -0.05) is 30.3 Å². The molecule has 0 fully saturated rings. The molecule has 0 spiro atoms. The molecule has 1 atom stereocenters. The third-order valence-corrected chi connectivity index (χ3v) is 5.37. The van der Waals surface area contributed by atoms with Crippen molar-refractivity contribution >= 4 is 17.2 Å². The Morgan fingerprint density at radius 2 is 2.12 bits per heavy atom. The smallest absolute Gasteiger partial charge is 0.228 e. The minimum absolute atomic E-state index is 0.106. The number of nitrogens with zero attached hydrogens (tertiary/aromatic N) is 4. The summed E-state index contributed by atoms with van der Waals surface area (Å²) in [6.45, 7) is 1.99. The first kappa shape index (κ1) is 16.9. The van der Waals surface area contributed by atoms with Crippen LogP contribution in [0.4, 0.5) is 0 Å². The molecule has 2 aromatic heterocycles. The van der Waals surface area contributed by atoms with E-state index in [0.29, 0.717) is 18.7 Å². The Labute approximate surface area is 155 Å². The van der Waals surface area contributed by atoms with Gasteiger partial charge in [-0.2, -0.15) is 5.10 Å². The zero-order valence-electron chi connectivity index (χ0n) is 14.3. The van der Waals surface area contributed by atoms with Gasteiger partial charge in [0.2, 0.25) is 5.91 Å². The molecule has 26 heavy (non-hydrogen) atoms. The monoisotopic (exact) mass is 368 g/mol. The summed E-state index contributed by atoms with van der Waals surface area (Å²) in [5.74, 6) is 0.106. The summed E-state index contributed by atoms with van der Waals surface area (Å²) in [6, 6.07) is 11.4. The van der Waals surface area contributed by atoms with Gasteiger partial charge >= 0.3 is 0 Å². The number of aromatic nitrogens is 3. The van der Waals surface area contributed by atoms with Crippen molar-refractivity contribution in [2.45, 2.75) is 32.0 Å². The Morgan fingerprint density at radius 1 is 1.27 bits per heavy atom. The van der Waals surface area contributed by atoms with E-state index in [2.05, 4.69) is 10.1 Å².